The van der Waals surface area contributed by atoms with E-state index in [9.17, 15) is 9.59 Å². The average molecular weight is 285 g/mol. The standard InChI is InChI=1S/C13H23N3O2S/c1-5-16-11(17)8-9(12(16)18)19-7-6-10(14)15-13(2,3)4/h9H,5-8H2,1-4H3,(H2,14,15). The molecule has 1 saturated heterocycles. The van der Waals surface area contributed by atoms with Gasteiger partial charge in [0.15, 0.2) is 0 Å². The van der Waals surface area contributed by atoms with Crippen LogP contribution in [-0.2, 0) is 9.59 Å². The molecule has 2 amide bonds. The molecule has 5 nitrogen and oxygen atoms in total. The lowest BCUT2D eigenvalue weighted by Crippen LogP contribution is -2.31. The van der Waals surface area contributed by atoms with Crippen molar-refractivity contribution in [3.05, 3.63) is 0 Å². The number of amides is 2. The number of nitrogens with zero attached hydrogens (tertiary/aromatic N) is 2. The minimum atomic E-state index is -0.241. The highest BCUT2D eigenvalue weighted by molar-refractivity contribution is 8.00. The zero-order valence-corrected chi connectivity index (χ0v) is 12.9. The molecule has 0 saturated carbocycles. The monoisotopic (exact) mass is 285 g/mol. The molecule has 1 atom stereocenters. The van der Waals surface area contributed by atoms with Crippen molar-refractivity contribution in [1.29, 1.82) is 0 Å². The van der Waals surface area contributed by atoms with Crippen molar-refractivity contribution in [2.45, 2.75) is 51.3 Å². The van der Waals surface area contributed by atoms with Gasteiger partial charge >= 0.3 is 0 Å². The Morgan fingerprint density at radius 2 is 2.11 bits per heavy atom. The van der Waals surface area contributed by atoms with E-state index in [1.807, 2.05) is 27.7 Å². The molecule has 1 unspecified atom stereocenters. The van der Waals surface area contributed by atoms with E-state index in [1.54, 1.807) is 0 Å². The smallest absolute Gasteiger partial charge is 0.242 e. The van der Waals surface area contributed by atoms with E-state index in [0.717, 1.165) is 0 Å². The van der Waals surface area contributed by atoms with E-state index in [2.05, 4.69) is 4.99 Å². The van der Waals surface area contributed by atoms with Crippen LogP contribution < -0.4 is 5.73 Å². The maximum Gasteiger partial charge on any atom is 0.242 e. The predicted octanol–water partition coefficient (Wildman–Crippen LogP) is 1.41. The second-order valence-corrected chi connectivity index (χ2v) is 6.87. The van der Waals surface area contributed by atoms with E-state index in [4.69, 9.17) is 5.73 Å². The van der Waals surface area contributed by atoms with Gasteiger partial charge in [-0.15, -0.1) is 11.8 Å². The molecule has 1 aliphatic heterocycles. The third-order valence-corrected chi connectivity index (χ3v) is 3.89. The van der Waals surface area contributed by atoms with E-state index >= 15 is 0 Å². The zero-order chi connectivity index (χ0) is 14.6. The first-order valence-electron chi connectivity index (χ1n) is 6.54. The summed E-state index contributed by atoms with van der Waals surface area (Å²) in [6.07, 6.45) is 0.958. The number of amidine groups is 1. The Morgan fingerprint density at radius 1 is 1.47 bits per heavy atom. The van der Waals surface area contributed by atoms with Gasteiger partial charge in [0.1, 0.15) is 0 Å². The summed E-state index contributed by atoms with van der Waals surface area (Å²) in [5, 5.41) is -0.241. The van der Waals surface area contributed by atoms with Crippen LogP contribution in [0, 0.1) is 0 Å². The van der Waals surface area contributed by atoms with Crippen molar-refractivity contribution in [2.24, 2.45) is 10.7 Å². The Labute approximate surface area is 119 Å². The third kappa shape index (κ3) is 4.86. The molecule has 6 heteroatoms. The molecule has 1 rings (SSSR count). The molecule has 0 aromatic rings. The van der Waals surface area contributed by atoms with Gasteiger partial charge in [0.2, 0.25) is 11.8 Å². The van der Waals surface area contributed by atoms with Crippen molar-refractivity contribution in [3.8, 4) is 0 Å². The van der Waals surface area contributed by atoms with Crippen LogP contribution in [0.2, 0.25) is 0 Å². The number of carbonyl (C=O) groups excluding carboxylic acids is 2. The zero-order valence-electron chi connectivity index (χ0n) is 12.1. The van der Waals surface area contributed by atoms with Gasteiger partial charge in [-0.2, -0.15) is 0 Å². The van der Waals surface area contributed by atoms with Crippen LogP contribution in [0.5, 0.6) is 0 Å². The molecule has 1 aliphatic rings. The normalized spacial score (nSPS) is 21.4. The van der Waals surface area contributed by atoms with Gasteiger partial charge in [0.25, 0.3) is 0 Å². The number of rotatable bonds is 5. The van der Waals surface area contributed by atoms with Crippen molar-refractivity contribution in [2.75, 3.05) is 12.3 Å². The third-order valence-electron chi connectivity index (χ3n) is 2.68. The first-order chi connectivity index (χ1) is 8.74. The summed E-state index contributed by atoms with van der Waals surface area (Å²) in [5.74, 6) is 1.18. The van der Waals surface area contributed by atoms with Crippen LogP contribution in [0.3, 0.4) is 0 Å². The molecule has 108 valence electrons. The lowest BCUT2D eigenvalue weighted by molar-refractivity contribution is -0.137. The predicted molar refractivity (Wildman–Crippen MR) is 79.2 cm³/mol. The second kappa shape index (κ2) is 6.41. The number of hydrogen-bond donors (Lipinski definition) is 1. The molecule has 1 fully saturated rings. The molecule has 2 N–H and O–H groups in total. The Hall–Kier alpha value is -1.04. The highest BCUT2D eigenvalue weighted by Crippen LogP contribution is 2.25. The van der Waals surface area contributed by atoms with Gasteiger partial charge in [-0.3, -0.25) is 19.5 Å². The Morgan fingerprint density at radius 3 is 2.58 bits per heavy atom. The van der Waals surface area contributed by atoms with Crippen LogP contribution in [0.25, 0.3) is 0 Å². The SMILES string of the molecule is CCN1C(=O)CC(SCCC(N)=NC(C)(C)C)C1=O. The van der Waals surface area contributed by atoms with E-state index in [0.29, 0.717) is 31.0 Å². The fourth-order valence-electron chi connectivity index (χ4n) is 1.91. The molecule has 0 aromatic heterocycles. The van der Waals surface area contributed by atoms with Gasteiger partial charge in [-0.05, 0) is 27.7 Å². The second-order valence-electron chi connectivity index (χ2n) is 5.56. The summed E-state index contributed by atoms with van der Waals surface area (Å²) in [6.45, 7) is 8.25. The van der Waals surface area contributed by atoms with Gasteiger partial charge < -0.3 is 5.73 Å². The molecule has 19 heavy (non-hydrogen) atoms. The average Bonchev–Trinajstić information content (AvgIpc) is 2.51. The Balaban J connectivity index is 2.41. The van der Waals surface area contributed by atoms with Gasteiger partial charge in [0, 0.05) is 25.1 Å². The number of hydrogen-bond acceptors (Lipinski definition) is 4. The number of aliphatic imine (C=N–C) groups is 1. The van der Waals surface area contributed by atoms with Gasteiger partial charge in [-0.25, -0.2) is 0 Å². The van der Waals surface area contributed by atoms with Crippen LogP contribution in [0.15, 0.2) is 4.99 Å². The highest BCUT2D eigenvalue weighted by Gasteiger charge is 2.37. The molecular weight excluding hydrogens is 262 g/mol. The topological polar surface area (TPSA) is 75.8 Å². The minimum Gasteiger partial charge on any atom is -0.387 e. The lowest BCUT2D eigenvalue weighted by Gasteiger charge is -2.14. The summed E-state index contributed by atoms with van der Waals surface area (Å²) in [4.78, 5) is 29.1. The molecule has 0 aliphatic carbocycles. The number of nitrogens with two attached hydrogens (primary N) is 1. The van der Waals surface area contributed by atoms with Crippen LogP contribution in [-0.4, -0.2) is 45.6 Å². The van der Waals surface area contributed by atoms with Crippen molar-refractivity contribution >= 4 is 29.4 Å². The summed E-state index contributed by atoms with van der Waals surface area (Å²) >= 11 is 1.50. The van der Waals surface area contributed by atoms with Crippen LogP contribution in [0.4, 0.5) is 0 Å². The van der Waals surface area contributed by atoms with E-state index < -0.39 is 0 Å². The maximum atomic E-state index is 11.9. The first-order valence-corrected chi connectivity index (χ1v) is 7.59. The summed E-state index contributed by atoms with van der Waals surface area (Å²) in [5.41, 5.74) is 5.66. The fraction of sp³-hybridized carbons (Fsp3) is 0.769. The molecule has 0 spiro atoms. The summed E-state index contributed by atoms with van der Waals surface area (Å²) in [7, 11) is 0. The Kier molecular flexibility index (Phi) is 5.40. The molecule has 0 bridgehead atoms. The quantitative estimate of drug-likeness (QED) is 0.471. The van der Waals surface area contributed by atoms with Gasteiger partial charge in [-0.1, -0.05) is 0 Å². The largest absolute Gasteiger partial charge is 0.387 e. The van der Waals surface area contributed by atoms with E-state index in [-0.39, 0.29) is 22.6 Å². The minimum absolute atomic E-state index is 0.0659. The molecule has 0 aromatic carbocycles. The van der Waals surface area contributed by atoms with Crippen LogP contribution in [0.1, 0.15) is 40.5 Å². The van der Waals surface area contributed by atoms with Gasteiger partial charge in [0.05, 0.1) is 16.6 Å². The fourth-order valence-corrected chi connectivity index (χ4v) is 3.05. The van der Waals surface area contributed by atoms with Crippen molar-refractivity contribution in [1.82, 2.24) is 4.90 Å². The Bertz CT molecular complexity index is 388. The molecule has 0 radical (unpaired) electrons. The van der Waals surface area contributed by atoms with Crippen molar-refractivity contribution in [3.63, 3.8) is 0 Å². The number of imide groups is 1. The van der Waals surface area contributed by atoms with Crippen LogP contribution >= 0.6 is 11.8 Å². The van der Waals surface area contributed by atoms with Crippen molar-refractivity contribution < 1.29 is 9.59 Å². The number of thioether (sulfide) groups is 1. The number of likely N-dealkylation sites (tertiary alicyclic amines) is 1. The highest BCUT2D eigenvalue weighted by atomic mass is 32.2. The molecule has 1 heterocycles. The number of carbonyl (C=O) groups is 2. The van der Waals surface area contributed by atoms with E-state index in [1.165, 1.54) is 16.7 Å². The lowest BCUT2D eigenvalue weighted by atomic mass is 10.1. The first kappa shape index (κ1) is 16.0. The molecular formula is C13H23N3O2S. The maximum absolute atomic E-state index is 11.9. The summed E-state index contributed by atoms with van der Waals surface area (Å²) < 4.78 is 0. The summed E-state index contributed by atoms with van der Waals surface area (Å²) in [6, 6.07) is 0.